The number of hydrogen-bond acceptors (Lipinski definition) is 6. The molecule has 150 valence electrons. The Bertz CT molecular complexity index is 1000. The highest BCUT2D eigenvalue weighted by Crippen LogP contribution is 2.35. The molecule has 0 N–H and O–H groups in total. The van der Waals surface area contributed by atoms with Gasteiger partial charge in [-0.1, -0.05) is 30.3 Å². The molecule has 4 rings (SSSR count). The van der Waals surface area contributed by atoms with Gasteiger partial charge in [-0.05, 0) is 49.2 Å². The molecule has 29 heavy (non-hydrogen) atoms. The van der Waals surface area contributed by atoms with Gasteiger partial charge in [-0.2, -0.15) is 0 Å². The first-order valence-corrected chi connectivity index (χ1v) is 10.5. The summed E-state index contributed by atoms with van der Waals surface area (Å²) in [5, 5.41) is 9.56. The summed E-state index contributed by atoms with van der Waals surface area (Å²) in [4.78, 5) is 12.4. The van der Waals surface area contributed by atoms with Crippen molar-refractivity contribution >= 4 is 17.5 Å². The molecule has 0 amide bonds. The van der Waals surface area contributed by atoms with Crippen LogP contribution >= 0.6 is 11.8 Å². The third-order valence-corrected chi connectivity index (χ3v) is 6.30. The van der Waals surface area contributed by atoms with E-state index < -0.39 is 0 Å². The molecule has 1 saturated carbocycles. The number of thioether (sulfide) groups is 1. The van der Waals surface area contributed by atoms with Crippen molar-refractivity contribution in [3.63, 3.8) is 0 Å². The Morgan fingerprint density at radius 3 is 2.52 bits per heavy atom. The first-order chi connectivity index (χ1) is 14.2. The Morgan fingerprint density at radius 1 is 1.00 bits per heavy atom. The van der Waals surface area contributed by atoms with Crippen LogP contribution in [-0.4, -0.2) is 40.0 Å². The molecule has 1 fully saturated rings. The lowest BCUT2D eigenvalue weighted by molar-refractivity contribution is -0.119. The second-order valence-corrected chi connectivity index (χ2v) is 8.06. The quantitative estimate of drug-likeness (QED) is 0.595. The van der Waals surface area contributed by atoms with Crippen molar-refractivity contribution in [1.82, 2.24) is 14.8 Å². The molecule has 2 aromatic carbocycles. The zero-order valence-corrected chi connectivity index (χ0v) is 17.3. The fourth-order valence-corrected chi connectivity index (χ4v) is 4.64. The smallest absolute Gasteiger partial charge is 0.196 e. The number of nitrogens with zero attached hydrogens (tertiary/aromatic N) is 3. The van der Waals surface area contributed by atoms with Crippen LogP contribution in [0.2, 0.25) is 0 Å². The van der Waals surface area contributed by atoms with Gasteiger partial charge in [-0.15, -0.1) is 10.2 Å². The molecular weight excluding hydrogens is 386 g/mol. The Morgan fingerprint density at radius 2 is 1.79 bits per heavy atom. The van der Waals surface area contributed by atoms with Crippen LogP contribution in [0.25, 0.3) is 17.1 Å². The third-order valence-electron chi connectivity index (χ3n) is 5.04. The van der Waals surface area contributed by atoms with Crippen LogP contribution in [-0.2, 0) is 4.79 Å². The number of aromatic nitrogens is 3. The molecule has 1 heterocycles. The maximum atomic E-state index is 12.4. The molecule has 0 aliphatic heterocycles. The summed E-state index contributed by atoms with van der Waals surface area (Å²) in [6, 6.07) is 15.5. The Kier molecular flexibility index (Phi) is 5.85. The van der Waals surface area contributed by atoms with E-state index in [2.05, 4.69) is 10.2 Å². The highest BCUT2D eigenvalue weighted by Gasteiger charge is 2.27. The van der Waals surface area contributed by atoms with E-state index in [4.69, 9.17) is 9.47 Å². The molecule has 0 bridgehead atoms. The van der Waals surface area contributed by atoms with Crippen molar-refractivity contribution < 1.29 is 14.3 Å². The zero-order chi connectivity index (χ0) is 20.2. The molecule has 1 aliphatic carbocycles. The minimum absolute atomic E-state index is 0.0666. The average Bonchev–Trinajstić information content (AvgIpc) is 3.19. The number of benzene rings is 2. The number of hydrogen-bond donors (Lipinski definition) is 0. The molecule has 1 atom stereocenters. The van der Waals surface area contributed by atoms with Crippen molar-refractivity contribution in [2.24, 2.45) is 0 Å². The van der Waals surface area contributed by atoms with Gasteiger partial charge < -0.3 is 9.47 Å². The fraction of sp³-hybridized carbons (Fsp3) is 0.318. The molecule has 0 spiro atoms. The molecule has 1 aliphatic rings. The fourth-order valence-electron chi connectivity index (χ4n) is 3.46. The molecule has 7 heteroatoms. The SMILES string of the molecule is COc1ccc(-n2c(S[C@@H]3CCCCC3=O)nnc2-c2cccc(OC)c2)cc1. The van der Waals surface area contributed by atoms with E-state index >= 15 is 0 Å². The summed E-state index contributed by atoms with van der Waals surface area (Å²) >= 11 is 1.51. The molecule has 6 nitrogen and oxygen atoms in total. The minimum atomic E-state index is -0.0666. The van der Waals surface area contributed by atoms with Crippen molar-refractivity contribution in [3.05, 3.63) is 48.5 Å². The lowest BCUT2D eigenvalue weighted by atomic mass is 9.99. The Labute approximate surface area is 174 Å². The largest absolute Gasteiger partial charge is 0.497 e. The standard InChI is InChI=1S/C22H23N3O3S/c1-27-17-12-10-16(11-13-17)25-21(15-6-5-7-18(14-15)28-2)23-24-22(25)29-20-9-4-3-8-19(20)26/h5-7,10-14,20H,3-4,8-9H2,1-2H3/t20-/m1/s1. The summed E-state index contributed by atoms with van der Waals surface area (Å²) in [5.74, 6) is 2.54. The van der Waals surface area contributed by atoms with E-state index in [9.17, 15) is 4.79 Å². The van der Waals surface area contributed by atoms with Crippen LogP contribution in [0.5, 0.6) is 11.5 Å². The molecule has 0 radical (unpaired) electrons. The number of ketones is 1. The van der Waals surface area contributed by atoms with E-state index in [1.54, 1.807) is 14.2 Å². The number of ether oxygens (including phenoxy) is 2. The topological polar surface area (TPSA) is 66.2 Å². The maximum Gasteiger partial charge on any atom is 0.196 e. The summed E-state index contributed by atoms with van der Waals surface area (Å²) in [6.45, 7) is 0. The second kappa shape index (κ2) is 8.69. The van der Waals surface area contributed by atoms with E-state index in [1.165, 1.54) is 11.8 Å². The summed E-state index contributed by atoms with van der Waals surface area (Å²) in [7, 11) is 3.29. The van der Waals surface area contributed by atoms with Gasteiger partial charge in [0.2, 0.25) is 0 Å². The number of carbonyl (C=O) groups excluding carboxylic acids is 1. The molecule has 0 saturated heterocycles. The van der Waals surface area contributed by atoms with Gasteiger partial charge in [0.1, 0.15) is 17.3 Å². The summed E-state index contributed by atoms with van der Waals surface area (Å²) < 4.78 is 12.7. The maximum absolute atomic E-state index is 12.4. The van der Waals surface area contributed by atoms with Crippen LogP contribution in [0.15, 0.2) is 53.7 Å². The summed E-state index contributed by atoms with van der Waals surface area (Å²) in [6.07, 6.45) is 3.59. The van der Waals surface area contributed by atoms with E-state index in [0.29, 0.717) is 23.2 Å². The minimum Gasteiger partial charge on any atom is -0.497 e. The average molecular weight is 410 g/mol. The van der Waals surface area contributed by atoms with Gasteiger partial charge in [0.25, 0.3) is 0 Å². The highest BCUT2D eigenvalue weighted by molar-refractivity contribution is 8.00. The van der Waals surface area contributed by atoms with Gasteiger partial charge in [-0.3, -0.25) is 9.36 Å². The van der Waals surface area contributed by atoms with Crippen LogP contribution in [0.3, 0.4) is 0 Å². The van der Waals surface area contributed by atoms with Gasteiger partial charge in [0, 0.05) is 17.7 Å². The molecular formula is C22H23N3O3S. The van der Waals surface area contributed by atoms with Gasteiger partial charge in [-0.25, -0.2) is 0 Å². The van der Waals surface area contributed by atoms with Crippen molar-refractivity contribution in [2.45, 2.75) is 36.1 Å². The predicted molar refractivity (Wildman–Crippen MR) is 113 cm³/mol. The normalized spacial score (nSPS) is 16.6. The Balaban J connectivity index is 1.78. The van der Waals surface area contributed by atoms with Crippen LogP contribution in [0.4, 0.5) is 0 Å². The van der Waals surface area contributed by atoms with Gasteiger partial charge >= 0.3 is 0 Å². The van der Waals surface area contributed by atoms with Gasteiger partial charge in [0.05, 0.1) is 19.5 Å². The summed E-state index contributed by atoms with van der Waals surface area (Å²) in [5.41, 5.74) is 1.81. The first-order valence-electron chi connectivity index (χ1n) is 9.63. The lowest BCUT2D eigenvalue weighted by Gasteiger charge is -2.20. The highest BCUT2D eigenvalue weighted by atomic mass is 32.2. The number of carbonyl (C=O) groups is 1. The van der Waals surface area contributed by atoms with Crippen LogP contribution < -0.4 is 9.47 Å². The number of Topliss-reactive ketones (excluding diaryl/α,β-unsaturated/α-hetero) is 1. The van der Waals surface area contributed by atoms with E-state index in [-0.39, 0.29) is 5.25 Å². The molecule has 1 aromatic heterocycles. The van der Waals surface area contributed by atoms with Gasteiger partial charge in [0.15, 0.2) is 11.0 Å². The number of rotatable bonds is 6. The third kappa shape index (κ3) is 4.15. The zero-order valence-electron chi connectivity index (χ0n) is 16.5. The van der Waals surface area contributed by atoms with Crippen molar-refractivity contribution in [1.29, 1.82) is 0 Å². The number of methoxy groups -OCH3 is 2. The van der Waals surface area contributed by atoms with E-state index in [1.807, 2.05) is 53.1 Å². The molecule has 3 aromatic rings. The van der Waals surface area contributed by atoms with Crippen LogP contribution in [0.1, 0.15) is 25.7 Å². The monoisotopic (exact) mass is 409 g/mol. The Hall–Kier alpha value is -2.80. The second-order valence-electron chi connectivity index (χ2n) is 6.89. The van der Waals surface area contributed by atoms with Crippen molar-refractivity contribution in [3.8, 4) is 28.6 Å². The lowest BCUT2D eigenvalue weighted by Crippen LogP contribution is -2.21. The van der Waals surface area contributed by atoms with Crippen LogP contribution in [0, 0.1) is 0 Å². The predicted octanol–water partition coefficient (Wildman–Crippen LogP) is 4.56. The van der Waals surface area contributed by atoms with Crippen molar-refractivity contribution in [2.75, 3.05) is 14.2 Å². The molecule has 0 unspecified atom stereocenters. The first kappa shape index (κ1) is 19.5. The van der Waals surface area contributed by atoms with E-state index in [0.717, 1.165) is 42.0 Å².